The van der Waals surface area contributed by atoms with E-state index in [0.717, 1.165) is 59.6 Å². The van der Waals surface area contributed by atoms with E-state index in [1.54, 1.807) is 12.3 Å². The standard InChI is InChI=1S/C15H22N2O.C12H16N2O.C2H4/c1-5-9-10-11-14(7-3)17-15(18-8-4)13(6-2)12-16-17;1-8-3-4-9(7-11(8)13-2)12(15)14-10-5-6-10;1-2/h5-6,9,11-12H,2,7-8,10H2,1,3-4H3;3-4,7,10,13H,5-6H2,1-2H3,(H,14,15);1-2H2/b9-5-,14-11+;;. The van der Waals surface area contributed by atoms with E-state index in [1.807, 2.05) is 56.8 Å². The van der Waals surface area contributed by atoms with E-state index in [2.05, 4.69) is 54.5 Å². The first-order chi connectivity index (χ1) is 17.0. The fourth-order valence-electron chi connectivity index (χ4n) is 3.23. The highest BCUT2D eigenvalue weighted by molar-refractivity contribution is 5.95. The molecule has 1 fully saturated rings. The van der Waals surface area contributed by atoms with E-state index >= 15 is 0 Å². The quantitative estimate of drug-likeness (QED) is 0.366. The molecule has 0 saturated heterocycles. The predicted molar refractivity (Wildman–Crippen MR) is 150 cm³/mol. The molecule has 0 atom stereocenters. The van der Waals surface area contributed by atoms with Gasteiger partial charge >= 0.3 is 0 Å². The lowest BCUT2D eigenvalue weighted by atomic mass is 10.1. The number of aromatic nitrogens is 2. The summed E-state index contributed by atoms with van der Waals surface area (Å²) in [5, 5.41) is 10.4. The monoisotopic (exact) mass is 478 g/mol. The van der Waals surface area contributed by atoms with Gasteiger partial charge in [-0.15, -0.1) is 13.2 Å². The minimum Gasteiger partial charge on any atom is -0.477 e. The van der Waals surface area contributed by atoms with Crippen LogP contribution in [-0.4, -0.2) is 35.4 Å². The van der Waals surface area contributed by atoms with Crippen LogP contribution in [-0.2, 0) is 0 Å². The SMILES string of the molecule is C=C.C=Cc1cnn(/C(=C/C/C=C\C)CC)c1OCC.CNc1cc(C(=O)NC2CC2)ccc1C. The smallest absolute Gasteiger partial charge is 0.251 e. The van der Waals surface area contributed by atoms with Crippen LogP contribution in [0.1, 0.15) is 67.9 Å². The molecule has 1 aliphatic carbocycles. The number of amides is 1. The summed E-state index contributed by atoms with van der Waals surface area (Å²) in [4.78, 5) is 11.7. The molecule has 1 amide bonds. The number of carbonyl (C=O) groups excluding carboxylic acids is 1. The Kier molecular flexibility index (Phi) is 13.6. The molecule has 0 radical (unpaired) electrons. The van der Waals surface area contributed by atoms with Crippen molar-refractivity contribution in [3.8, 4) is 5.88 Å². The minimum atomic E-state index is 0.0361. The summed E-state index contributed by atoms with van der Waals surface area (Å²) >= 11 is 0. The number of hydrogen-bond donors (Lipinski definition) is 2. The molecule has 0 aliphatic heterocycles. The topological polar surface area (TPSA) is 68.2 Å². The summed E-state index contributed by atoms with van der Waals surface area (Å²) in [6.07, 6.45) is 14.0. The number of ether oxygens (including phenoxy) is 1. The molecule has 3 rings (SSSR count). The van der Waals surface area contributed by atoms with Crippen LogP contribution >= 0.6 is 0 Å². The Morgan fingerprint density at radius 2 is 2.00 bits per heavy atom. The summed E-state index contributed by atoms with van der Waals surface area (Å²) in [5.41, 5.74) is 4.97. The lowest BCUT2D eigenvalue weighted by molar-refractivity contribution is 0.0951. The Balaban J connectivity index is 0.000000331. The van der Waals surface area contributed by atoms with Gasteiger partial charge in [0.1, 0.15) is 0 Å². The highest BCUT2D eigenvalue weighted by atomic mass is 16.5. The molecule has 1 heterocycles. The predicted octanol–water partition coefficient (Wildman–Crippen LogP) is 6.87. The van der Waals surface area contributed by atoms with Crippen molar-refractivity contribution in [3.63, 3.8) is 0 Å². The third-order valence-corrected chi connectivity index (χ3v) is 5.29. The third-order valence-electron chi connectivity index (χ3n) is 5.29. The Bertz CT molecular complexity index is 1000. The lowest BCUT2D eigenvalue weighted by Crippen LogP contribution is -2.25. The molecule has 6 nitrogen and oxygen atoms in total. The molecule has 1 aliphatic rings. The van der Waals surface area contributed by atoms with Crippen molar-refractivity contribution in [2.75, 3.05) is 19.0 Å². The largest absolute Gasteiger partial charge is 0.477 e. The zero-order valence-electron chi connectivity index (χ0n) is 22.1. The lowest BCUT2D eigenvalue weighted by Gasteiger charge is -2.11. The van der Waals surface area contributed by atoms with Gasteiger partial charge in [0.15, 0.2) is 0 Å². The Labute approximate surface area is 211 Å². The number of anilines is 1. The van der Waals surface area contributed by atoms with E-state index in [0.29, 0.717) is 12.6 Å². The van der Waals surface area contributed by atoms with Crippen LogP contribution < -0.4 is 15.4 Å². The van der Waals surface area contributed by atoms with Crippen molar-refractivity contribution >= 4 is 23.4 Å². The van der Waals surface area contributed by atoms with Gasteiger partial charge in [0.25, 0.3) is 5.91 Å². The number of nitrogens with one attached hydrogen (secondary N) is 2. The maximum Gasteiger partial charge on any atom is 0.251 e. The first kappa shape index (κ1) is 29.5. The van der Waals surface area contributed by atoms with Gasteiger partial charge in [-0.05, 0) is 64.2 Å². The second-order valence-electron chi connectivity index (χ2n) is 7.84. The van der Waals surface area contributed by atoms with Crippen molar-refractivity contribution in [2.45, 2.75) is 59.4 Å². The van der Waals surface area contributed by atoms with Gasteiger partial charge in [0.2, 0.25) is 5.88 Å². The minimum absolute atomic E-state index is 0.0361. The summed E-state index contributed by atoms with van der Waals surface area (Å²) in [6.45, 7) is 18.5. The van der Waals surface area contributed by atoms with Crippen LogP contribution in [0.2, 0.25) is 0 Å². The molecule has 1 saturated carbocycles. The Morgan fingerprint density at radius 3 is 2.54 bits per heavy atom. The maximum atomic E-state index is 11.7. The summed E-state index contributed by atoms with van der Waals surface area (Å²) in [7, 11) is 1.87. The van der Waals surface area contributed by atoms with Gasteiger partial charge in [-0.3, -0.25) is 4.79 Å². The van der Waals surface area contributed by atoms with Gasteiger partial charge in [0.05, 0.1) is 18.4 Å². The van der Waals surface area contributed by atoms with Crippen molar-refractivity contribution in [3.05, 3.63) is 79.1 Å². The second-order valence-corrected chi connectivity index (χ2v) is 7.84. The summed E-state index contributed by atoms with van der Waals surface area (Å²) in [5.74, 6) is 0.815. The van der Waals surface area contributed by atoms with Crippen LogP contribution in [0.4, 0.5) is 5.69 Å². The van der Waals surface area contributed by atoms with Crippen molar-refractivity contribution < 1.29 is 9.53 Å². The van der Waals surface area contributed by atoms with Gasteiger partial charge in [-0.2, -0.15) is 5.10 Å². The number of benzene rings is 1. The van der Waals surface area contributed by atoms with E-state index in [4.69, 9.17) is 4.74 Å². The third kappa shape index (κ3) is 9.32. The van der Waals surface area contributed by atoms with E-state index in [1.165, 1.54) is 0 Å². The van der Waals surface area contributed by atoms with Crippen LogP contribution in [0.3, 0.4) is 0 Å². The molecule has 35 heavy (non-hydrogen) atoms. The van der Waals surface area contributed by atoms with Gasteiger partial charge in [0, 0.05) is 30.0 Å². The maximum absolute atomic E-state index is 11.7. The van der Waals surface area contributed by atoms with Crippen LogP contribution in [0.15, 0.2) is 62.4 Å². The highest BCUT2D eigenvalue weighted by Crippen LogP contribution is 2.25. The van der Waals surface area contributed by atoms with Crippen LogP contribution in [0.25, 0.3) is 11.8 Å². The Hall–Kier alpha value is -3.54. The summed E-state index contributed by atoms with van der Waals surface area (Å²) in [6, 6.07) is 6.14. The van der Waals surface area contributed by atoms with Crippen LogP contribution in [0.5, 0.6) is 5.88 Å². The Morgan fingerprint density at radius 1 is 1.29 bits per heavy atom. The molecule has 1 aromatic carbocycles. The van der Waals surface area contributed by atoms with E-state index in [-0.39, 0.29) is 5.91 Å². The number of carbonyl (C=O) groups is 1. The van der Waals surface area contributed by atoms with Crippen molar-refractivity contribution in [1.82, 2.24) is 15.1 Å². The molecule has 190 valence electrons. The highest BCUT2D eigenvalue weighted by Gasteiger charge is 2.23. The van der Waals surface area contributed by atoms with E-state index < -0.39 is 0 Å². The van der Waals surface area contributed by atoms with Gasteiger partial charge < -0.3 is 15.4 Å². The molecule has 2 aromatic rings. The molecule has 0 bridgehead atoms. The van der Waals surface area contributed by atoms with Gasteiger partial charge in [-0.25, -0.2) is 4.68 Å². The number of hydrogen-bond acceptors (Lipinski definition) is 4. The zero-order valence-corrected chi connectivity index (χ0v) is 22.1. The van der Waals surface area contributed by atoms with Crippen molar-refractivity contribution in [2.24, 2.45) is 0 Å². The average Bonchev–Trinajstić information content (AvgIpc) is 3.61. The molecular formula is C29H42N4O2. The fraction of sp³-hybridized carbons (Fsp3) is 0.379. The number of aryl methyl sites for hydroxylation is 1. The number of rotatable bonds is 10. The second kappa shape index (κ2) is 16.1. The molecule has 2 N–H and O–H groups in total. The molecular weight excluding hydrogens is 436 g/mol. The molecule has 6 heteroatoms. The first-order valence-corrected chi connectivity index (χ1v) is 12.2. The number of nitrogens with zero attached hydrogens (tertiary/aromatic N) is 2. The average molecular weight is 479 g/mol. The zero-order chi connectivity index (χ0) is 26.2. The molecule has 0 unspecified atom stereocenters. The van der Waals surface area contributed by atoms with E-state index in [9.17, 15) is 4.79 Å². The van der Waals surface area contributed by atoms with Crippen LogP contribution in [0, 0.1) is 6.92 Å². The molecule has 0 spiro atoms. The normalized spacial score (nSPS) is 12.7. The molecule has 1 aromatic heterocycles. The fourth-order valence-corrected chi connectivity index (χ4v) is 3.23. The number of allylic oxidation sites excluding steroid dienone is 4. The summed E-state index contributed by atoms with van der Waals surface area (Å²) < 4.78 is 7.52. The van der Waals surface area contributed by atoms with Gasteiger partial charge in [-0.1, -0.05) is 43.9 Å². The first-order valence-electron chi connectivity index (χ1n) is 12.2. The van der Waals surface area contributed by atoms with Crippen molar-refractivity contribution in [1.29, 1.82) is 0 Å².